The fraction of sp³-hybridized carbons (Fsp3) is 1.00. The van der Waals surface area contributed by atoms with Crippen LogP contribution in [0.5, 0.6) is 0 Å². The van der Waals surface area contributed by atoms with Gasteiger partial charge in [-0.15, -0.1) is 0 Å². The SMILES string of the molecule is CC(C1CCNCC1)C1CC1. The van der Waals surface area contributed by atoms with Gasteiger partial charge < -0.3 is 5.32 Å². The Labute approximate surface area is 69.6 Å². The summed E-state index contributed by atoms with van der Waals surface area (Å²) in [6.45, 7) is 5.00. The molecule has 0 aromatic heterocycles. The zero-order valence-corrected chi connectivity index (χ0v) is 7.47. The average Bonchev–Trinajstić information content (AvgIpc) is 2.87. The topological polar surface area (TPSA) is 12.0 Å². The van der Waals surface area contributed by atoms with Crippen LogP contribution in [-0.4, -0.2) is 13.1 Å². The first-order valence-electron chi connectivity index (χ1n) is 5.08. The Kier molecular flexibility index (Phi) is 2.17. The van der Waals surface area contributed by atoms with Crippen molar-refractivity contribution in [1.82, 2.24) is 5.32 Å². The smallest absolute Gasteiger partial charge is 0.00462 e. The fourth-order valence-corrected chi connectivity index (χ4v) is 2.38. The molecule has 1 saturated heterocycles. The molecule has 1 nitrogen and oxygen atoms in total. The molecule has 1 unspecified atom stereocenters. The van der Waals surface area contributed by atoms with Gasteiger partial charge in [0.05, 0.1) is 0 Å². The van der Waals surface area contributed by atoms with E-state index >= 15 is 0 Å². The highest BCUT2D eigenvalue weighted by Gasteiger charge is 2.33. The van der Waals surface area contributed by atoms with Crippen molar-refractivity contribution in [3.63, 3.8) is 0 Å². The van der Waals surface area contributed by atoms with E-state index in [-0.39, 0.29) is 0 Å². The second kappa shape index (κ2) is 3.14. The Morgan fingerprint density at radius 3 is 2.09 bits per heavy atom. The number of piperidine rings is 1. The molecule has 2 rings (SSSR count). The lowest BCUT2D eigenvalue weighted by Crippen LogP contribution is -2.31. The van der Waals surface area contributed by atoms with Crippen LogP contribution in [0.2, 0.25) is 0 Å². The number of nitrogens with one attached hydrogen (secondary N) is 1. The van der Waals surface area contributed by atoms with Crippen LogP contribution in [0.15, 0.2) is 0 Å². The van der Waals surface area contributed by atoms with Crippen molar-refractivity contribution in [2.24, 2.45) is 17.8 Å². The normalized spacial score (nSPS) is 30.3. The molecule has 1 N–H and O–H groups in total. The van der Waals surface area contributed by atoms with E-state index in [1.54, 1.807) is 0 Å². The summed E-state index contributed by atoms with van der Waals surface area (Å²) < 4.78 is 0. The van der Waals surface area contributed by atoms with Gasteiger partial charge >= 0.3 is 0 Å². The Balaban J connectivity index is 1.81. The summed E-state index contributed by atoms with van der Waals surface area (Å²) in [4.78, 5) is 0. The van der Waals surface area contributed by atoms with Crippen molar-refractivity contribution in [3.8, 4) is 0 Å². The molecule has 0 aromatic carbocycles. The van der Waals surface area contributed by atoms with Gasteiger partial charge in [-0.1, -0.05) is 6.92 Å². The summed E-state index contributed by atoms with van der Waals surface area (Å²) in [7, 11) is 0. The van der Waals surface area contributed by atoms with Gasteiger partial charge in [0.2, 0.25) is 0 Å². The van der Waals surface area contributed by atoms with E-state index in [0.29, 0.717) is 0 Å². The monoisotopic (exact) mass is 153 g/mol. The van der Waals surface area contributed by atoms with Crippen LogP contribution in [0.4, 0.5) is 0 Å². The van der Waals surface area contributed by atoms with Gasteiger partial charge in [0.1, 0.15) is 0 Å². The van der Waals surface area contributed by atoms with Crippen LogP contribution < -0.4 is 5.32 Å². The molecule has 1 heterocycles. The summed E-state index contributed by atoms with van der Waals surface area (Å²) in [6, 6.07) is 0. The molecular formula is C10H19N. The first-order valence-corrected chi connectivity index (χ1v) is 5.08. The van der Waals surface area contributed by atoms with Crippen LogP contribution in [0.3, 0.4) is 0 Å². The Hall–Kier alpha value is -0.0400. The zero-order valence-electron chi connectivity index (χ0n) is 7.47. The number of rotatable bonds is 2. The lowest BCUT2D eigenvalue weighted by atomic mass is 9.83. The number of hydrogen-bond donors (Lipinski definition) is 1. The lowest BCUT2D eigenvalue weighted by Gasteiger charge is -2.28. The van der Waals surface area contributed by atoms with Gasteiger partial charge in [0.15, 0.2) is 0 Å². The maximum atomic E-state index is 3.43. The van der Waals surface area contributed by atoms with Crippen molar-refractivity contribution in [2.75, 3.05) is 13.1 Å². The van der Waals surface area contributed by atoms with Crippen LogP contribution in [0.1, 0.15) is 32.6 Å². The van der Waals surface area contributed by atoms with Crippen molar-refractivity contribution >= 4 is 0 Å². The second-order valence-corrected chi connectivity index (χ2v) is 4.28. The number of hydrogen-bond acceptors (Lipinski definition) is 1. The molecule has 0 spiro atoms. The van der Waals surface area contributed by atoms with Crippen LogP contribution >= 0.6 is 0 Å². The van der Waals surface area contributed by atoms with E-state index in [1.165, 1.54) is 38.8 Å². The minimum absolute atomic E-state index is 1.03. The minimum atomic E-state index is 1.03. The molecule has 2 aliphatic rings. The minimum Gasteiger partial charge on any atom is -0.317 e. The van der Waals surface area contributed by atoms with Gasteiger partial charge in [-0.05, 0) is 56.5 Å². The van der Waals surface area contributed by atoms with E-state index in [2.05, 4.69) is 12.2 Å². The maximum absolute atomic E-state index is 3.43. The van der Waals surface area contributed by atoms with E-state index in [9.17, 15) is 0 Å². The molecule has 1 aliphatic carbocycles. The molecular weight excluding hydrogens is 134 g/mol. The van der Waals surface area contributed by atoms with Crippen molar-refractivity contribution < 1.29 is 0 Å². The Morgan fingerprint density at radius 1 is 1.00 bits per heavy atom. The quantitative estimate of drug-likeness (QED) is 0.640. The first kappa shape index (κ1) is 7.60. The second-order valence-electron chi connectivity index (χ2n) is 4.28. The highest BCUT2D eigenvalue weighted by Crippen LogP contribution is 2.42. The molecule has 0 aromatic rings. The average molecular weight is 153 g/mol. The van der Waals surface area contributed by atoms with Crippen molar-refractivity contribution in [1.29, 1.82) is 0 Å². The highest BCUT2D eigenvalue weighted by molar-refractivity contribution is 4.84. The molecule has 1 saturated carbocycles. The third kappa shape index (κ3) is 1.76. The Morgan fingerprint density at radius 2 is 1.55 bits per heavy atom. The largest absolute Gasteiger partial charge is 0.317 e. The van der Waals surface area contributed by atoms with Gasteiger partial charge in [-0.3, -0.25) is 0 Å². The summed E-state index contributed by atoms with van der Waals surface area (Å²) in [5.41, 5.74) is 0. The fourth-order valence-electron chi connectivity index (χ4n) is 2.38. The molecule has 0 bridgehead atoms. The summed E-state index contributed by atoms with van der Waals surface area (Å²) in [5.74, 6) is 3.18. The first-order chi connectivity index (χ1) is 5.38. The van der Waals surface area contributed by atoms with E-state index < -0.39 is 0 Å². The summed E-state index contributed by atoms with van der Waals surface area (Å²) in [6.07, 6.45) is 5.89. The summed E-state index contributed by atoms with van der Waals surface area (Å²) in [5, 5.41) is 3.43. The Bertz CT molecular complexity index is 123. The van der Waals surface area contributed by atoms with Gasteiger partial charge in [-0.25, -0.2) is 0 Å². The van der Waals surface area contributed by atoms with E-state index in [1.807, 2.05) is 0 Å². The van der Waals surface area contributed by atoms with Crippen LogP contribution in [0.25, 0.3) is 0 Å². The zero-order chi connectivity index (χ0) is 7.68. The van der Waals surface area contributed by atoms with E-state index in [0.717, 1.165) is 17.8 Å². The molecule has 1 aliphatic heterocycles. The lowest BCUT2D eigenvalue weighted by molar-refractivity contribution is 0.251. The predicted octanol–water partition coefficient (Wildman–Crippen LogP) is 2.03. The third-order valence-corrected chi connectivity index (χ3v) is 3.49. The molecule has 0 radical (unpaired) electrons. The van der Waals surface area contributed by atoms with Crippen LogP contribution in [-0.2, 0) is 0 Å². The van der Waals surface area contributed by atoms with Crippen LogP contribution in [0, 0.1) is 17.8 Å². The molecule has 1 atom stereocenters. The van der Waals surface area contributed by atoms with E-state index in [4.69, 9.17) is 0 Å². The van der Waals surface area contributed by atoms with Gasteiger partial charge in [0, 0.05) is 0 Å². The molecule has 1 heteroatoms. The molecule has 64 valence electrons. The molecule has 0 amide bonds. The summed E-state index contributed by atoms with van der Waals surface area (Å²) >= 11 is 0. The predicted molar refractivity (Wildman–Crippen MR) is 47.5 cm³/mol. The van der Waals surface area contributed by atoms with Gasteiger partial charge in [-0.2, -0.15) is 0 Å². The standard InChI is InChI=1S/C10H19N/c1-8(9-2-3-9)10-4-6-11-7-5-10/h8-11H,2-7H2,1H3. The molecule has 2 fully saturated rings. The van der Waals surface area contributed by atoms with Crippen molar-refractivity contribution in [2.45, 2.75) is 32.6 Å². The maximum Gasteiger partial charge on any atom is -0.00462 e. The third-order valence-electron chi connectivity index (χ3n) is 3.49. The van der Waals surface area contributed by atoms with Crippen molar-refractivity contribution in [3.05, 3.63) is 0 Å². The van der Waals surface area contributed by atoms with Gasteiger partial charge in [0.25, 0.3) is 0 Å². The highest BCUT2D eigenvalue weighted by atomic mass is 14.9. The molecule has 11 heavy (non-hydrogen) atoms.